The normalized spacial score (nSPS) is 12.6. The second kappa shape index (κ2) is 9.46. The number of nitrogens with one attached hydrogen (secondary N) is 1. The lowest BCUT2D eigenvalue weighted by Gasteiger charge is -2.15. The molecule has 1 aromatic rings. The minimum Gasteiger partial charge on any atom is -0.316 e. The van der Waals surface area contributed by atoms with Crippen LogP contribution >= 0.6 is 11.8 Å². The molecule has 102 valence electrons. The van der Waals surface area contributed by atoms with Gasteiger partial charge in [0.25, 0.3) is 0 Å². The van der Waals surface area contributed by atoms with E-state index < -0.39 is 0 Å². The minimum absolute atomic E-state index is 0.646. The summed E-state index contributed by atoms with van der Waals surface area (Å²) in [5.41, 5.74) is 1.35. The molecule has 0 spiro atoms. The zero-order valence-electron chi connectivity index (χ0n) is 12.0. The van der Waals surface area contributed by atoms with Gasteiger partial charge in [-0.05, 0) is 32.5 Å². The summed E-state index contributed by atoms with van der Waals surface area (Å²) in [5, 5.41) is 3.44. The zero-order chi connectivity index (χ0) is 13.2. The van der Waals surface area contributed by atoms with Gasteiger partial charge in [0.2, 0.25) is 0 Å². The van der Waals surface area contributed by atoms with Gasteiger partial charge in [-0.15, -0.1) is 11.8 Å². The molecule has 0 aliphatic heterocycles. The highest BCUT2D eigenvalue weighted by Crippen LogP contribution is 2.21. The Hall–Kier alpha value is -0.470. The van der Waals surface area contributed by atoms with Crippen LogP contribution in [0.2, 0.25) is 0 Å². The monoisotopic (exact) mass is 265 g/mol. The molecular formula is C16H27NS. The largest absolute Gasteiger partial charge is 0.316 e. The third-order valence-electron chi connectivity index (χ3n) is 3.26. The van der Waals surface area contributed by atoms with E-state index in [1.807, 2.05) is 11.8 Å². The first-order valence-electron chi connectivity index (χ1n) is 7.13. The number of rotatable bonds is 9. The summed E-state index contributed by atoms with van der Waals surface area (Å²) < 4.78 is 0. The molecule has 1 unspecified atom stereocenters. The number of unbranched alkanes of at least 4 members (excludes halogenated alkanes) is 3. The van der Waals surface area contributed by atoms with Crippen LogP contribution in [0.3, 0.4) is 0 Å². The molecule has 1 nitrogen and oxygen atoms in total. The third-order valence-corrected chi connectivity index (χ3v) is 4.41. The van der Waals surface area contributed by atoms with E-state index in [4.69, 9.17) is 0 Å². The van der Waals surface area contributed by atoms with Crippen LogP contribution in [0.4, 0.5) is 0 Å². The second-order valence-electron chi connectivity index (χ2n) is 4.96. The number of hydrogen-bond donors (Lipinski definition) is 1. The summed E-state index contributed by atoms with van der Waals surface area (Å²) in [6, 6.07) is 9.43. The molecule has 1 atom stereocenters. The molecule has 0 aliphatic carbocycles. The summed E-state index contributed by atoms with van der Waals surface area (Å²) in [4.78, 5) is 1.39. The van der Waals surface area contributed by atoms with Gasteiger partial charge in [0.05, 0.1) is 0 Å². The van der Waals surface area contributed by atoms with Crippen molar-refractivity contribution in [2.45, 2.75) is 56.9 Å². The van der Waals surface area contributed by atoms with E-state index in [2.05, 4.69) is 50.5 Å². The molecule has 2 heteroatoms. The Morgan fingerprint density at radius 1 is 1.22 bits per heavy atom. The van der Waals surface area contributed by atoms with Crippen molar-refractivity contribution in [1.29, 1.82) is 0 Å². The first-order valence-corrected chi connectivity index (χ1v) is 8.11. The average Bonchev–Trinajstić information content (AvgIpc) is 2.38. The highest BCUT2D eigenvalue weighted by Gasteiger charge is 2.06. The van der Waals surface area contributed by atoms with Gasteiger partial charge in [-0.1, -0.05) is 50.3 Å². The lowest BCUT2D eigenvalue weighted by Crippen LogP contribution is -2.27. The Morgan fingerprint density at radius 3 is 2.72 bits per heavy atom. The molecule has 0 fully saturated rings. The van der Waals surface area contributed by atoms with Crippen molar-refractivity contribution in [2.75, 3.05) is 12.8 Å². The fraction of sp³-hybridized carbons (Fsp3) is 0.625. The van der Waals surface area contributed by atoms with Crippen molar-refractivity contribution in [3.8, 4) is 0 Å². The topological polar surface area (TPSA) is 12.0 Å². The maximum Gasteiger partial charge on any atom is 0.0158 e. The Balaban J connectivity index is 2.26. The molecule has 0 aromatic heterocycles. The summed E-state index contributed by atoms with van der Waals surface area (Å²) in [6.07, 6.45) is 6.73. The lowest BCUT2D eigenvalue weighted by molar-refractivity contribution is 0.523. The Kier molecular flexibility index (Phi) is 8.19. The number of thioether (sulfide) groups is 1. The Bertz CT molecular complexity index is 325. The van der Waals surface area contributed by atoms with Crippen molar-refractivity contribution in [3.63, 3.8) is 0 Å². The van der Waals surface area contributed by atoms with Gasteiger partial charge in [0, 0.05) is 16.7 Å². The number of aryl methyl sites for hydroxylation is 1. The van der Waals surface area contributed by atoms with Crippen LogP contribution in [0, 0.1) is 6.92 Å². The van der Waals surface area contributed by atoms with Gasteiger partial charge < -0.3 is 5.32 Å². The van der Waals surface area contributed by atoms with Gasteiger partial charge in [0.15, 0.2) is 0 Å². The van der Waals surface area contributed by atoms with Gasteiger partial charge in [-0.3, -0.25) is 0 Å². The SMILES string of the molecule is CCCCCCC(CSc1cccc(C)c1)NC. The molecular weight excluding hydrogens is 238 g/mol. The standard InChI is InChI=1S/C16H27NS/c1-4-5-6-7-10-15(17-3)13-18-16-11-8-9-14(2)12-16/h8-9,11-12,15,17H,4-7,10,13H2,1-3H3. The van der Waals surface area contributed by atoms with Gasteiger partial charge in [-0.2, -0.15) is 0 Å². The molecule has 18 heavy (non-hydrogen) atoms. The maximum atomic E-state index is 3.44. The molecule has 0 amide bonds. The summed E-state index contributed by atoms with van der Waals surface area (Å²) in [5.74, 6) is 1.17. The highest BCUT2D eigenvalue weighted by molar-refractivity contribution is 7.99. The predicted molar refractivity (Wildman–Crippen MR) is 83.5 cm³/mol. The van der Waals surface area contributed by atoms with Crippen LogP contribution in [-0.2, 0) is 0 Å². The van der Waals surface area contributed by atoms with E-state index in [0.717, 1.165) is 0 Å². The molecule has 1 N–H and O–H groups in total. The minimum atomic E-state index is 0.646. The summed E-state index contributed by atoms with van der Waals surface area (Å²) in [6.45, 7) is 4.42. The fourth-order valence-corrected chi connectivity index (χ4v) is 3.20. The van der Waals surface area contributed by atoms with Crippen LogP contribution in [0.1, 0.15) is 44.6 Å². The van der Waals surface area contributed by atoms with Crippen LogP contribution < -0.4 is 5.32 Å². The zero-order valence-corrected chi connectivity index (χ0v) is 12.9. The Labute approximate surface area is 117 Å². The van der Waals surface area contributed by atoms with E-state index >= 15 is 0 Å². The smallest absolute Gasteiger partial charge is 0.0158 e. The predicted octanol–water partition coefficient (Wildman–Crippen LogP) is 4.65. The van der Waals surface area contributed by atoms with Crippen LogP contribution in [0.5, 0.6) is 0 Å². The maximum absolute atomic E-state index is 3.44. The van der Waals surface area contributed by atoms with Crippen molar-refractivity contribution in [3.05, 3.63) is 29.8 Å². The number of benzene rings is 1. The van der Waals surface area contributed by atoms with Gasteiger partial charge >= 0.3 is 0 Å². The number of hydrogen-bond acceptors (Lipinski definition) is 2. The average molecular weight is 265 g/mol. The molecule has 1 aromatic carbocycles. The van der Waals surface area contributed by atoms with Crippen LogP contribution in [0.25, 0.3) is 0 Å². The lowest BCUT2D eigenvalue weighted by atomic mass is 10.1. The van der Waals surface area contributed by atoms with Gasteiger partial charge in [-0.25, -0.2) is 0 Å². The Morgan fingerprint density at radius 2 is 2.06 bits per heavy atom. The molecule has 0 radical (unpaired) electrons. The van der Waals surface area contributed by atoms with Crippen molar-refractivity contribution >= 4 is 11.8 Å². The molecule has 0 heterocycles. The first kappa shape index (κ1) is 15.6. The van der Waals surface area contributed by atoms with E-state index in [0.29, 0.717) is 6.04 Å². The molecule has 0 saturated carbocycles. The molecule has 0 aliphatic rings. The van der Waals surface area contributed by atoms with Crippen molar-refractivity contribution < 1.29 is 0 Å². The quantitative estimate of drug-likeness (QED) is 0.515. The van der Waals surface area contributed by atoms with E-state index in [-0.39, 0.29) is 0 Å². The van der Waals surface area contributed by atoms with E-state index in [1.165, 1.54) is 48.3 Å². The molecule has 1 rings (SSSR count). The second-order valence-corrected chi connectivity index (χ2v) is 6.06. The third kappa shape index (κ3) is 6.46. The van der Waals surface area contributed by atoms with Crippen molar-refractivity contribution in [2.24, 2.45) is 0 Å². The van der Waals surface area contributed by atoms with E-state index in [1.54, 1.807) is 0 Å². The highest BCUT2D eigenvalue weighted by atomic mass is 32.2. The van der Waals surface area contributed by atoms with Crippen LogP contribution in [-0.4, -0.2) is 18.8 Å². The van der Waals surface area contributed by atoms with Gasteiger partial charge in [0.1, 0.15) is 0 Å². The first-order chi connectivity index (χ1) is 8.76. The fourth-order valence-electron chi connectivity index (χ4n) is 2.03. The summed E-state index contributed by atoms with van der Waals surface area (Å²) >= 11 is 1.97. The van der Waals surface area contributed by atoms with E-state index in [9.17, 15) is 0 Å². The van der Waals surface area contributed by atoms with Crippen molar-refractivity contribution in [1.82, 2.24) is 5.32 Å². The molecule has 0 saturated heterocycles. The van der Waals surface area contributed by atoms with Crippen LogP contribution in [0.15, 0.2) is 29.2 Å². The summed E-state index contributed by atoms with van der Waals surface area (Å²) in [7, 11) is 2.08. The molecule has 0 bridgehead atoms.